The lowest BCUT2D eigenvalue weighted by Crippen LogP contribution is -2.50. The van der Waals surface area contributed by atoms with Crippen molar-refractivity contribution in [2.24, 2.45) is 4.99 Å². The van der Waals surface area contributed by atoms with E-state index >= 15 is 0 Å². The molecule has 0 spiro atoms. The highest BCUT2D eigenvalue weighted by molar-refractivity contribution is 6.31. The number of nitrogens with one attached hydrogen (secondary N) is 1. The molecular weight excluding hydrogens is 555 g/mol. The highest BCUT2D eigenvalue weighted by atomic mass is 35.5. The molecule has 0 saturated carbocycles. The second-order valence-corrected chi connectivity index (χ2v) is 10.7. The maximum atomic E-state index is 14.5. The fourth-order valence-corrected chi connectivity index (χ4v) is 5.45. The summed E-state index contributed by atoms with van der Waals surface area (Å²) < 4.78 is 42.0. The molecule has 1 fully saturated rings. The van der Waals surface area contributed by atoms with Crippen LogP contribution in [0, 0.1) is 17.5 Å². The Morgan fingerprint density at radius 2 is 1.78 bits per heavy atom. The first-order chi connectivity index (χ1) is 19.5. The molecule has 3 aromatic carbocycles. The molecule has 1 amide bonds. The average Bonchev–Trinajstić information content (AvgIpc) is 3.33. The molecule has 3 aromatic rings. The molecule has 0 radical (unpaired) electrons. The Bertz CT molecular complexity index is 1470. The smallest absolute Gasteiger partial charge is 0.305 e. The number of likely N-dealkylation sites (N-methyl/N-ethyl adjacent to an activating group) is 1. The number of aliphatic imine (C=N–C) groups is 1. The van der Waals surface area contributed by atoms with Gasteiger partial charge >= 0.3 is 5.97 Å². The van der Waals surface area contributed by atoms with Crippen molar-refractivity contribution >= 4 is 34.9 Å². The maximum Gasteiger partial charge on any atom is 0.305 e. The van der Waals surface area contributed by atoms with Crippen LogP contribution in [0.3, 0.4) is 0 Å². The number of benzene rings is 3. The van der Waals surface area contributed by atoms with E-state index < -0.39 is 41.4 Å². The number of carboxylic acid groups (broad SMARTS) is 1. The summed E-state index contributed by atoms with van der Waals surface area (Å²) in [6.45, 7) is 5.43. The second-order valence-electron chi connectivity index (χ2n) is 10.3. The largest absolute Gasteiger partial charge is 0.481 e. The van der Waals surface area contributed by atoms with E-state index in [0.717, 1.165) is 13.0 Å². The SMILES string of the molecule is CCN1CCC[C@]1(C)C(=O)Nc1ccc(Cl)cc1C(=N[C@@H](CC(=O)O)Cc1cc(F)c(F)cc1F)c1ccccc1. The van der Waals surface area contributed by atoms with Crippen molar-refractivity contribution < 1.29 is 27.9 Å². The first kappa shape index (κ1) is 30.3. The lowest BCUT2D eigenvalue weighted by molar-refractivity contribution is -0.137. The number of likely N-dealkylation sites (tertiary alicyclic amines) is 1. The zero-order chi connectivity index (χ0) is 29.7. The van der Waals surface area contributed by atoms with Gasteiger partial charge in [0.2, 0.25) is 5.91 Å². The van der Waals surface area contributed by atoms with Gasteiger partial charge in [-0.25, -0.2) is 13.2 Å². The number of hydrogen-bond donors (Lipinski definition) is 2. The summed E-state index contributed by atoms with van der Waals surface area (Å²) in [5, 5.41) is 13.0. The summed E-state index contributed by atoms with van der Waals surface area (Å²) in [5.74, 6) is -4.99. The van der Waals surface area contributed by atoms with Crippen LogP contribution in [-0.4, -0.2) is 52.3 Å². The predicted octanol–water partition coefficient (Wildman–Crippen LogP) is 6.49. The van der Waals surface area contributed by atoms with Gasteiger partial charge < -0.3 is 10.4 Å². The van der Waals surface area contributed by atoms with E-state index in [0.29, 0.717) is 52.6 Å². The maximum absolute atomic E-state index is 14.5. The third-order valence-electron chi connectivity index (χ3n) is 7.46. The first-order valence-corrected chi connectivity index (χ1v) is 13.7. The molecule has 41 heavy (non-hydrogen) atoms. The molecule has 0 bridgehead atoms. The molecule has 0 aromatic heterocycles. The predicted molar refractivity (Wildman–Crippen MR) is 153 cm³/mol. The molecule has 6 nitrogen and oxygen atoms in total. The minimum Gasteiger partial charge on any atom is -0.481 e. The lowest BCUT2D eigenvalue weighted by atomic mass is 9.95. The number of carbonyl (C=O) groups excluding carboxylic acids is 1. The summed E-state index contributed by atoms with van der Waals surface area (Å²) in [5.41, 5.74) is 0.822. The standard InChI is InChI=1S/C31H31ClF3N3O3/c1-3-38-13-7-12-31(38,2)30(41)37-27-11-10-21(32)16-23(27)29(19-8-5-4-6-9-19)36-22(17-28(39)40)14-20-15-25(34)26(35)18-24(20)33/h4-6,8-11,15-16,18,22H,3,7,12-14,17H2,1-2H3,(H,37,41)(H,39,40)/t22-,31-/m1/s1. The summed E-state index contributed by atoms with van der Waals surface area (Å²) in [4.78, 5) is 32.2. The van der Waals surface area contributed by atoms with Crippen LogP contribution < -0.4 is 5.32 Å². The lowest BCUT2D eigenvalue weighted by Gasteiger charge is -2.33. The van der Waals surface area contributed by atoms with Gasteiger partial charge in [-0.3, -0.25) is 19.5 Å². The highest BCUT2D eigenvalue weighted by Crippen LogP contribution is 2.32. The van der Waals surface area contributed by atoms with Crippen molar-refractivity contribution in [2.45, 2.75) is 51.1 Å². The summed E-state index contributed by atoms with van der Waals surface area (Å²) in [7, 11) is 0. The molecule has 2 N–H and O–H groups in total. The fraction of sp³-hybridized carbons (Fsp3) is 0.323. The van der Waals surface area contributed by atoms with Gasteiger partial charge in [-0.2, -0.15) is 0 Å². The molecule has 0 aliphatic carbocycles. The van der Waals surface area contributed by atoms with Gasteiger partial charge in [0, 0.05) is 22.2 Å². The van der Waals surface area contributed by atoms with Gasteiger partial charge in [0.05, 0.1) is 29.4 Å². The van der Waals surface area contributed by atoms with E-state index in [1.165, 1.54) is 0 Å². The summed E-state index contributed by atoms with van der Waals surface area (Å²) in [6.07, 6.45) is 0.757. The molecule has 2 atom stereocenters. The number of amides is 1. The third kappa shape index (κ3) is 6.97. The van der Waals surface area contributed by atoms with Gasteiger partial charge in [-0.15, -0.1) is 0 Å². The number of anilines is 1. The number of carbonyl (C=O) groups is 2. The van der Waals surface area contributed by atoms with Crippen molar-refractivity contribution in [1.82, 2.24) is 4.90 Å². The van der Waals surface area contributed by atoms with E-state index in [1.54, 1.807) is 48.5 Å². The Morgan fingerprint density at radius 3 is 2.46 bits per heavy atom. The van der Waals surface area contributed by atoms with Gasteiger partial charge in [-0.05, 0) is 69.1 Å². The van der Waals surface area contributed by atoms with Crippen molar-refractivity contribution in [3.8, 4) is 0 Å². The second kappa shape index (κ2) is 12.9. The van der Waals surface area contributed by atoms with Crippen LogP contribution in [0.4, 0.5) is 18.9 Å². The number of rotatable bonds is 10. The van der Waals surface area contributed by atoms with Crippen molar-refractivity contribution in [3.63, 3.8) is 0 Å². The Balaban J connectivity index is 1.81. The Morgan fingerprint density at radius 1 is 1.07 bits per heavy atom. The van der Waals surface area contributed by atoms with Gasteiger partial charge in [0.15, 0.2) is 11.6 Å². The van der Waals surface area contributed by atoms with Crippen LogP contribution in [0.15, 0.2) is 65.7 Å². The highest BCUT2D eigenvalue weighted by Gasteiger charge is 2.42. The first-order valence-electron chi connectivity index (χ1n) is 13.4. The van der Waals surface area contributed by atoms with E-state index in [2.05, 4.69) is 10.2 Å². The number of carboxylic acids is 1. The fourth-order valence-electron chi connectivity index (χ4n) is 5.28. The molecule has 1 saturated heterocycles. The monoisotopic (exact) mass is 585 g/mol. The van der Waals surface area contributed by atoms with E-state index in [-0.39, 0.29) is 17.9 Å². The van der Waals surface area contributed by atoms with Crippen LogP contribution in [0.2, 0.25) is 5.02 Å². The van der Waals surface area contributed by atoms with Crippen LogP contribution in [0.1, 0.15) is 49.8 Å². The minimum absolute atomic E-state index is 0.196. The van der Waals surface area contributed by atoms with Gasteiger partial charge in [0.25, 0.3) is 0 Å². The van der Waals surface area contributed by atoms with E-state index in [9.17, 15) is 27.9 Å². The molecule has 1 aliphatic heterocycles. The molecule has 216 valence electrons. The number of aliphatic carboxylic acids is 1. The zero-order valence-electron chi connectivity index (χ0n) is 22.8. The van der Waals surface area contributed by atoms with Gasteiger partial charge in [0.1, 0.15) is 5.82 Å². The Hall–Kier alpha value is -3.69. The minimum atomic E-state index is -1.34. The molecule has 0 unspecified atom stereocenters. The number of hydrogen-bond acceptors (Lipinski definition) is 4. The normalized spacial score (nSPS) is 18.3. The number of nitrogens with zero attached hydrogens (tertiary/aromatic N) is 2. The topological polar surface area (TPSA) is 82.0 Å². The summed E-state index contributed by atoms with van der Waals surface area (Å²) in [6, 6.07) is 13.8. The number of halogens is 4. The van der Waals surface area contributed by atoms with Crippen LogP contribution >= 0.6 is 11.6 Å². The van der Waals surface area contributed by atoms with Crippen LogP contribution in [-0.2, 0) is 16.0 Å². The van der Waals surface area contributed by atoms with E-state index in [1.807, 2.05) is 13.8 Å². The van der Waals surface area contributed by atoms with Crippen LogP contribution in [0.25, 0.3) is 0 Å². The van der Waals surface area contributed by atoms with Gasteiger partial charge in [-0.1, -0.05) is 48.9 Å². The average molecular weight is 586 g/mol. The molecule has 1 heterocycles. The Labute approximate surface area is 241 Å². The van der Waals surface area contributed by atoms with Crippen molar-refractivity contribution in [1.29, 1.82) is 0 Å². The zero-order valence-corrected chi connectivity index (χ0v) is 23.5. The molecular formula is C31H31ClF3N3O3. The third-order valence-corrected chi connectivity index (χ3v) is 7.69. The van der Waals surface area contributed by atoms with Crippen molar-refractivity contribution in [3.05, 3.63) is 99.8 Å². The molecule has 1 aliphatic rings. The quantitative estimate of drug-likeness (QED) is 0.210. The van der Waals surface area contributed by atoms with Crippen molar-refractivity contribution in [2.75, 3.05) is 18.4 Å². The Kier molecular flexibility index (Phi) is 9.50. The molecule has 4 rings (SSSR count). The summed E-state index contributed by atoms with van der Waals surface area (Å²) >= 11 is 6.39. The van der Waals surface area contributed by atoms with E-state index in [4.69, 9.17) is 16.6 Å². The molecule has 10 heteroatoms. The van der Waals surface area contributed by atoms with Crippen LogP contribution in [0.5, 0.6) is 0 Å².